The smallest absolute Gasteiger partial charge is 0.159 e. The van der Waals surface area contributed by atoms with Gasteiger partial charge in [0.15, 0.2) is 5.82 Å². The number of rotatable bonds is 2. The van der Waals surface area contributed by atoms with Gasteiger partial charge in [0.25, 0.3) is 0 Å². The van der Waals surface area contributed by atoms with Gasteiger partial charge in [0, 0.05) is 28.8 Å². The normalized spacial score (nSPS) is 10.2. The number of fused-ring (bicyclic) bond motifs is 1. The van der Waals surface area contributed by atoms with Crippen LogP contribution in [0.1, 0.15) is 5.56 Å². The average molecular weight is 260 g/mol. The van der Waals surface area contributed by atoms with Gasteiger partial charge in [-0.25, -0.2) is 9.97 Å². The van der Waals surface area contributed by atoms with Crippen molar-refractivity contribution in [2.45, 2.75) is 0 Å². The SMILES string of the molecule is C#Cc1cccc(-c2ncc3ccc(OC)cc3n2)c1. The van der Waals surface area contributed by atoms with Gasteiger partial charge >= 0.3 is 0 Å². The molecular formula is C17H12N2O. The minimum atomic E-state index is 0.655. The van der Waals surface area contributed by atoms with E-state index in [1.807, 2.05) is 42.5 Å². The van der Waals surface area contributed by atoms with E-state index in [1.54, 1.807) is 13.3 Å². The molecule has 0 unspecified atom stereocenters. The van der Waals surface area contributed by atoms with Crippen molar-refractivity contribution in [3.8, 4) is 29.5 Å². The fraction of sp³-hybridized carbons (Fsp3) is 0.0588. The van der Waals surface area contributed by atoms with Crippen molar-refractivity contribution in [2.75, 3.05) is 7.11 Å². The third-order valence-corrected chi connectivity index (χ3v) is 3.08. The van der Waals surface area contributed by atoms with Gasteiger partial charge in [-0.05, 0) is 24.3 Å². The Morgan fingerprint density at radius 2 is 2.05 bits per heavy atom. The zero-order valence-electron chi connectivity index (χ0n) is 11.0. The van der Waals surface area contributed by atoms with Crippen LogP contribution in [0.4, 0.5) is 0 Å². The van der Waals surface area contributed by atoms with Crippen LogP contribution in [-0.4, -0.2) is 17.1 Å². The molecule has 96 valence electrons. The van der Waals surface area contributed by atoms with Gasteiger partial charge in [0.05, 0.1) is 12.6 Å². The molecule has 0 aliphatic carbocycles. The van der Waals surface area contributed by atoms with Crippen LogP contribution in [0.5, 0.6) is 5.75 Å². The van der Waals surface area contributed by atoms with Crippen molar-refractivity contribution in [2.24, 2.45) is 0 Å². The quantitative estimate of drug-likeness (QED) is 0.663. The Bertz CT molecular complexity index is 819. The highest BCUT2D eigenvalue weighted by atomic mass is 16.5. The molecule has 0 atom stereocenters. The first-order valence-corrected chi connectivity index (χ1v) is 6.18. The van der Waals surface area contributed by atoms with Gasteiger partial charge in [-0.15, -0.1) is 6.42 Å². The van der Waals surface area contributed by atoms with E-state index in [-0.39, 0.29) is 0 Å². The maximum absolute atomic E-state index is 5.42. The Morgan fingerprint density at radius 1 is 1.15 bits per heavy atom. The van der Waals surface area contributed by atoms with Crippen molar-refractivity contribution >= 4 is 10.9 Å². The molecule has 0 saturated heterocycles. The van der Waals surface area contributed by atoms with Crippen LogP contribution in [0.2, 0.25) is 0 Å². The summed E-state index contributed by atoms with van der Waals surface area (Å²) in [5.41, 5.74) is 2.57. The summed E-state index contributed by atoms with van der Waals surface area (Å²) in [4.78, 5) is 8.96. The average Bonchev–Trinajstić information content (AvgIpc) is 2.53. The molecule has 20 heavy (non-hydrogen) atoms. The molecule has 0 aliphatic heterocycles. The molecule has 0 saturated carbocycles. The van der Waals surface area contributed by atoms with Crippen LogP contribution >= 0.6 is 0 Å². The molecule has 0 radical (unpaired) electrons. The van der Waals surface area contributed by atoms with E-state index in [9.17, 15) is 0 Å². The Hall–Kier alpha value is -2.86. The van der Waals surface area contributed by atoms with E-state index >= 15 is 0 Å². The van der Waals surface area contributed by atoms with Crippen LogP contribution in [0.3, 0.4) is 0 Å². The number of ether oxygens (including phenoxy) is 1. The van der Waals surface area contributed by atoms with Crippen molar-refractivity contribution < 1.29 is 4.74 Å². The monoisotopic (exact) mass is 260 g/mol. The fourth-order valence-electron chi connectivity index (χ4n) is 2.02. The molecule has 0 fully saturated rings. The van der Waals surface area contributed by atoms with E-state index in [2.05, 4.69) is 15.9 Å². The second-order valence-electron chi connectivity index (χ2n) is 4.34. The summed E-state index contributed by atoms with van der Waals surface area (Å²) < 4.78 is 5.22. The molecule has 3 rings (SSSR count). The fourth-order valence-corrected chi connectivity index (χ4v) is 2.02. The molecule has 0 spiro atoms. The molecule has 0 aliphatic rings. The number of nitrogens with zero attached hydrogens (tertiary/aromatic N) is 2. The third-order valence-electron chi connectivity index (χ3n) is 3.08. The lowest BCUT2D eigenvalue weighted by atomic mass is 10.1. The van der Waals surface area contributed by atoms with Crippen molar-refractivity contribution in [3.63, 3.8) is 0 Å². The topological polar surface area (TPSA) is 35.0 Å². The molecule has 0 bridgehead atoms. The maximum atomic E-state index is 5.42. The summed E-state index contributed by atoms with van der Waals surface area (Å²) in [6.45, 7) is 0. The minimum absolute atomic E-state index is 0.655. The molecule has 3 heteroatoms. The Kier molecular flexibility index (Phi) is 3.06. The zero-order chi connectivity index (χ0) is 13.9. The number of methoxy groups -OCH3 is 1. The molecule has 3 nitrogen and oxygen atoms in total. The van der Waals surface area contributed by atoms with Gasteiger partial charge in [-0.2, -0.15) is 0 Å². The van der Waals surface area contributed by atoms with Crippen LogP contribution < -0.4 is 4.74 Å². The zero-order valence-corrected chi connectivity index (χ0v) is 11.0. The lowest BCUT2D eigenvalue weighted by Crippen LogP contribution is -1.91. The summed E-state index contributed by atoms with van der Waals surface area (Å²) in [7, 11) is 1.64. The number of hydrogen-bond donors (Lipinski definition) is 0. The largest absolute Gasteiger partial charge is 0.497 e. The van der Waals surface area contributed by atoms with Crippen molar-refractivity contribution in [3.05, 3.63) is 54.2 Å². The van der Waals surface area contributed by atoms with E-state index in [0.717, 1.165) is 27.8 Å². The molecule has 1 aromatic heterocycles. The van der Waals surface area contributed by atoms with E-state index in [0.29, 0.717) is 5.82 Å². The summed E-state index contributed by atoms with van der Waals surface area (Å²) in [5, 5.41) is 0.975. The van der Waals surface area contributed by atoms with Crippen LogP contribution in [0.15, 0.2) is 48.7 Å². The van der Waals surface area contributed by atoms with E-state index < -0.39 is 0 Å². The van der Waals surface area contributed by atoms with Gasteiger partial charge in [0.2, 0.25) is 0 Å². The molecule has 1 heterocycles. The Morgan fingerprint density at radius 3 is 2.85 bits per heavy atom. The van der Waals surface area contributed by atoms with Gasteiger partial charge < -0.3 is 4.74 Å². The highest BCUT2D eigenvalue weighted by Crippen LogP contribution is 2.22. The highest BCUT2D eigenvalue weighted by Gasteiger charge is 2.04. The van der Waals surface area contributed by atoms with Crippen molar-refractivity contribution in [1.29, 1.82) is 0 Å². The second-order valence-corrected chi connectivity index (χ2v) is 4.34. The first-order chi connectivity index (χ1) is 9.80. The first kappa shape index (κ1) is 12.2. The van der Waals surface area contributed by atoms with Crippen LogP contribution in [-0.2, 0) is 0 Å². The summed E-state index contributed by atoms with van der Waals surface area (Å²) >= 11 is 0. The number of aromatic nitrogens is 2. The van der Waals surface area contributed by atoms with Crippen molar-refractivity contribution in [1.82, 2.24) is 9.97 Å². The number of hydrogen-bond acceptors (Lipinski definition) is 3. The molecule has 3 aromatic rings. The Balaban J connectivity index is 2.14. The Labute approximate surface area is 117 Å². The van der Waals surface area contributed by atoms with Crippen LogP contribution in [0, 0.1) is 12.3 Å². The second kappa shape index (κ2) is 5.02. The van der Waals surface area contributed by atoms with Gasteiger partial charge in [-0.3, -0.25) is 0 Å². The van der Waals surface area contributed by atoms with E-state index in [4.69, 9.17) is 11.2 Å². The molecule has 2 aromatic carbocycles. The first-order valence-electron chi connectivity index (χ1n) is 6.18. The molecular weight excluding hydrogens is 248 g/mol. The predicted molar refractivity (Wildman–Crippen MR) is 79.5 cm³/mol. The summed E-state index contributed by atoms with van der Waals surface area (Å²) in [5.74, 6) is 4.05. The highest BCUT2D eigenvalue weighted by molar-refractivity contribution is 5.81. The predicted octanol–water partition coefficient (Wildman–Crippen LogP) is 3.29. The number of benzene rings is 2. The van der Waals surface area contributed by atoms with Gasteiger partial charge in [-0.1, -0.05) is 18.1 Å². The lowest BCUT2D eigenvalue weighted by Gasteiger charge is -2.05. The molecule has 0 N–H and O–H groups in total. The summed E-state index contributed by atoms with van der Waals surface area (Å²) in [6, 6.07) is 13.4. The third kappa shape index (κ3) is 2.19. The molecule has 0 amide bonds. The summed E-state index contributed by atoms with van der Waals surface area (Å²) in [6.07, 6.45) is 7.22. The maximum Gasteiger partial charge on any atom is 0.159 e. The van der Waals surface area contributed by atoms with E-state index in [1.165, 1.54) is 0 Å². The minimum Gasteiger partial charge on any atom is -0.497 e. The lowest BCUT2D eigenvalue weighted by molar-refractivity contribution is 0.415. The van der Waals surface area contributed by atoms with Gasteiger partial charge in [0.1, 0.15) is 5.75 Å². The van der Waals surface area contributed by atoms with Crippen LogP contribution in [0.25, 0.3) is 22.3 Å². The number of terminal acetylenes is 1. The standard InChI is InChI=1S/C17H12N2O/c1-3-12-5-4-6-13(9-12)17-18-11-14-7-8-15(20-2)10-16(14)19-17/h1,4-11H,2H3.